The first-order chi connectivity index (χ1) is 10.1. The molecule has 0 N–H and O–H groups in total. The minimum atomic E-state index is -0.265. The Kier molecular flexibility index (Phi) is 4.36. The van der Waals surface area contributed by atoms with Crippen LogP contribution in [0, 0.1) is 0 Å². The highest BCUT2D eigenvalue weighted by atomic mass is 16.7. The summed E-state index contributed by atoms with van der Waals surface area (Å²) >= 11 is 0. The lowest BCUT2D eigenvalue weighted by molar-refractivity contribution is -0.191. The monoisotopic (exact) mass is 302 g/mol. The number of hydrogen-bond acceptors (Lipinski definition) is 4. The van der Waals surface area contributed by atoms with Crippen LogP contribution in [0.5, 0.6) is 0 Å². The molecule has 2 fully saturated rings. The molecule has 22 heavy (non-hydrogen) atoms. The summed E-state index contributed by atoms with van der Waals surface area (Å²) in [6, 6.07) is 8.77. The molecule has 0 radical (unpaired) electrons. The van der Waals surface area contributed by atoms with Gasteiger partial charge in [-0.2, -0.15) is 9.59 Å². The van der Waals surface area contributed by atoms with E-state index in [9.17, 15) is 0 Å². The minimum absolute atomic E-state index is 0.244. The quantitative estimate of drug-likeness (QED) is 0.788. The number of benzene rings is 1. The molecule has 0 aromatic heterocycles. The number of hydrogen-bond donors (Lipinski definition) is 0. The molecule has 1 aliphatic heterocycles. The number of carbonyl (C=O) groups excluding carboxylic acids is 2. The first-order valence-electron chi connectivity index (χ1n) is 7.61. The van der Waals surface area contributed by atoms with Crippen LogP contribution in [0.2, 0.25) is 0 Å². The maximum atomic E-state index is 8.12. The van der Waals surface area contributed by atoms with Crippen molar-refractivity contribution < 1.29 is 18.9 Å². The van der Waals surface area contributed by atoms with Crippen LogP contribution < -0.4 is 5.46 Å². The summed E-state index contributed by atoms with van der Waals surface area (Å²) in [4.78, 5) is 16.2. The van der Waals surface area contributed by atoms with Crippen LogP contribution in [0.3, 0.4) is 0 Å². The largest absolute Gasteiger partial charge is 0.494 e. The van der Waals surface area contributed by atoms with Crippen molar-refractivity contribution in [2.45, 2.75) is 64.1 Å². The summed E-state index contributed by atoms with van der Waals surface area (Å²) in [6.07, 6.45) is 2.87. The van der Waals surface area contributed by atoms with Crippen molar-refractivity contribution >= 4 is 18.7 Å². The molecule has 2 aliphatic rings. The maximum Gasteiger partial charge on any atom is 0.494 e. The molecule has 3 rings (SSSR count). The number of rotatable bonds is 2. The molecular formula is C17H23BO4. The van der Waals surface area contributed by atoms with Crippen LogP contribution in [-0.2, 0) is 24.3 Å². The van der Waals surface area contributed by atoms with Gasteiger partial charge in [0, 0.05) is 0 Å². The highest BCUT2D eigenvalue weighted by molar-refractivity contribution is 6.62. The molecule has 1 saturated heterocycles. The molecule has 0 bridgehead atoms. The summed E-state index contributed by atoms with van der Waals surface area (Å²) in [5.74, 6) is 0. The lowest BCUT2D eigenvalue weighted by Crippen LogP contribution is -2.41. The third kappa shape index (κ3) is 3.17. The highest BCUT2D eigenvalue weighted by Gasteiger charge is 2.51. The second kappa shape index (κ2) is 5.66. The van der Waals surface area contributed by atoms with Gasteiger partial charge in [-0.05, 0) is 57.0 Å². The Morgan fingerprint density at radius 2 is 1.32 bits per heavy atom. The molecular weight excluding hydrogens is 279 g/mol. The van der Waals surface area contributed by atoms with Gasteiger partial charge in [-0.15, -0.1) is 0 Å². The fraction of sp³-hybridized carbons (Fsp3) is 0.588. The topological polar surface area (TPSA) is 52.6 Å². The molecule has 1 saturated carbocycles. The fourth-order valence-electron chi connectivity index (χ4n) is 2.50. The van der Waals surface area contributed by atoms with Gasteiger partial charge in [-0.25, -0.2) is 0 Å². The lowest BCUT2D eigenvalue weighted by atomic mass is 9.78. The summed E-state index contributed by atoms with van der Waals surface area (Å²) in [6.45, 7) is 10.7. The van der Waals surface area contributed by atoms with E-state index in [2.05, 4.69) is 58.9 Å². The van der Waals surface area contributed by atoms with E-state index in [4.69, 9.17) is 18.9 Å². The lowest BCUT2D eigenvalue weighted by Gasteiger charge is -2.32. The molecule has 0 amide bonds. The predicted molar refractivity (Wildman–Crippen MR) is 83.8 cm³/mol. The van der Waals surface area contributed by atoms with Crippen LogP contribution in [0.25, 0.3) is 0 Å². The van der Waals surface area contributed by atoms with Crippen LogP contribution in [0.4, 0.5) is 0 Å². The normalized spacial score (nSPS) is 23.2. The summed E-state index contributed by atoms with van der Waals surface area (Å²) in [5, 5.41) is 0. The van der Waals surface area contributed by atoms with Gasteiger partial charge < -0.3 is 9.31 Å². The third-order valence-electron chi connectivity index (χ3n) is 5.13. The zero-order chi connectivity index (χ0) is 16.6. The average Bonchev–Trinajstić information content (AvgIpc) is 3.13. The SMILES string of the molecule is CC1(c2ccc(B3OC(C)(C)C(C)(C)O3)cc2)CC1.O=C=O. The Morgan fingerprint density at radius 1 is 0.909 bits per heavy atom. The van der Waals surface area contributed by atoms with Crippen molar-refractivity contribution in [3.8, 4) is 0 Å². The molecule has 1 heterocycles. The van der Waals surface area contributed by atoms with Gasteiger partial charge in [0.2, 0.25) is 0 Å². The van der Waals surface area contributed by atoms with Gasteiger partial charge in [0.25, 0.3) is 0 Å². The summed E-state index contributed by atoms with van der Waals surface area (Å²) < 4.78 is 12.1. The zero-order valence-electron chi connectivity index (χ0n) is 13.9. The Morgan fingerprint density at radius 3 is 1.68 bits per heavy atom. The molecule has 1 aromatic carbocycles. The molecule has 0 unspecified atom stereocenters. The van der Waals surface area contributed by atoms with E-state index in [1.54, 1.807) is 0 Å². The van der Waals surface area contributed by atoms with E-state index in [0.29, 0.717) is 5.41 Å². The van der Waals surface area contributed by atoms with Crippen LogP contribution in [-0.4, -0.2) is 24.5 Å². The standard InChI is InChI=1S/C16H23BO2.CO2/c1-14(2)15(3,4)19-17(18-14)13-8-6-12(7-9-13)16(5)10-11-16;2-1-3/h6-9H,10-11H2,1-5H3;. The first kappa shape index (κ1) is 16.9. The molecule has 0 atom stereocenters. The molecule has 1 aliphatic carbocycles. The zero-order valence-corrected chi connectivity index (χ0v) is 13.9. The summed E-state index contributed by atoms with van der Waals surface area (Å²) in [7, 11) is -0.244. The van der Waals surface area contributed by atoms with Gasteiger partial charge >= 0.3 is 13.3 Å². The van der Waals surface area contributed by atoms with Gasteiger partial charge in [0.1, 0.15) is 0 Å². The fourth-order valence-corrected chi connectivity index (χ4v) is 2.50. The summed E-state index contributed by atoms with van der Waals surface area (Å²) in [5.41, 5.74) is 2.45. The molecule has 1 aromatic rings. The second-order valence-corrected chi connectivity index (χ2v) is 7.35. The molecule has 0 spiro atoms. The Balaban J connectivity index is 0.000000545. The minimum Gasteiger partial charge on any atom is -0.399 e. The van der Waals surface area contributed by atoms with E-state index in [-0.39, 0.29) is 24.5 Å². The van der Waals surface area contributed by atoms with Crippen molar-refractivity contribution in [2.75, 3.05) is 0 Å². The van der Waals surface area contributed by atoms with E-state index >= 15 is 0 Å². The first-order valence-corrected chi connectivity index (χ1v) is 7.61. The van der Waals surface area contributed by atoms with E-state index < -0.39 is 0 Å². The van der Waals surface area contributed by atoms with Gasteiger partial charge in [0.05, 0.1) is 11.2 Å². The van der Waals surface area contributed by atoms with Crippen molar-refractivity contribution in [1.29, 1.82) is 0 Å². The van der Waals surface area contributed by atoms with Crippen LogP contribution >= 0.6 is 0 Å². The average molecular weight is 302 g/mol. The van der Waals surface area contributed by atoms with Gasteiger partial charge in [0.15, 0.2) is 0 Å². The van der Waals surface area contributed by atoms with E-state index in [0.717, 1.165) is 5.46 Å². The second-order valence-electron chi connectivity index (χ2n) is 7.35. The van der Waals surface area contributed by atoms with Crippen molar-refractivity contribution in [1.82, 2.24) is 0 Å². The maximum absolute atomic E-state index is 8.12. The van der Waals surface area contributed by atoms with Gasteiger partial charge in [-0.1, -0.05) is 31.2 Å². The van der Waals surface area contributed by atoms with Crippen molar-refractivity contribution in [3.63, 3.8) is 0 Å². The molecule has 5 heteroatoms. The van der Waals surface area contributed by atoms with E-state index in [1.807, 2.05) is 0 Å². The van der Waals surface area contributed by atoms with Crippen LogP contribution in [0.15, 0.2) is 24.3 Å². The van der Waals surface area contributed by atoms with Crippen molar-refractivity contribution in [2.24, 2.45) is 0 Å². The Hall–Kier alpha value is -1.42. The highest BCUT2D eigenvalue weighted by Crippen LogP contribution is 2.47. The van der Waals surface area contributed by atoms with Gasteiger partial charge in [-0.3, -0.25) is 0 Å². The molecule has 118 valence electrons. The Bertz CT molecular complexity index is 551. The predicted octanol–water partition coefficient (Wildman–Crippen LogP) is 2.45. The van der Waals surface area contributed by atoms with Crippen molar-refractivity contribution in [3.05, 3.63) is 29.8 Å². The molecule has 4 nitrogen and oxygen atoms in total. The van der Waals surface area contributed by atoms with Crippen LogP contribution in [0.1, 0.15) is 53.0 Å². The third-order valence-corrected chi connectivity index (χ3v) is 5.13. The Labute approximate surface area is 132 Å². The smallest absolute Gasteiger partial charge is 0.399 e. The van der Waals surface area contributed by atoms with E-state index in [1.165, 1.54) is 18.4 Å².